The number of oxazole rings is 1. The molecule has 6 heteroatoms. The first-order valence-electron chi connectivity index (χ1n) is 7.15. The van der Waals surface area contributed by atoms with Crippen LogP contribution in [-0.4, -0.2) is 22.5 Å². The molecule has 0 aliphatic rings. The maximum atomic E-state index is 12.3. The van der Waals surface area contributed by atoms with E-state index >= 15 is 0 Å². The minimum atomic E-state index is -0.913. The van der Waals surface area contributed by atoms with E-state index in [-0.39, 0.29) is 12.2 Å². The molecule has 0 fully saturated rings. The van der Waals surface area contributed by atoms with Crippen LogP contribution in [0.4, 0.5) is 0 Å². The molecule has 23 heavy (non-hydrogen) atoms. The van der Waals surface area contributed by atoms with Crippen LogP contribution in [0, 0.1) is 6.92 Å². The predicted molar refractivity (Wildman–Crippen MR) is 82.7 cm³/mol. The van der Waals surface area contributed by atoms with E-state index in [9.17, 15) is 9.90 Å². The Bertz CT molecular complexity index is 775. The summed E-state index contributed by atoms with van der Waals surface area (Å²) in [5.74, 6) is 0.374. The lowest BCUT2D eigenvalue weighted by Gasteiger charge is -2.09. The van der Waals surface area contributed by atoms with Crippen LogP contribution in [-0.2, 0) is 0 Å². The second-order valence-electron chi connectivity index (χ2n) is 5.14. The normalized spacial score (nSPS) is 12.1. The highest BCUT2D eigenvalue weighted by atomic mass is 16.4. The third-order valence-electron chi connectivity index (χ3n) is 3.42. The van der Waals surface area contributed by atoms with Gasteiger partial charge in [-0.25, -0.2) is 4.98 Å². The molecule has 2 heterocycles. The number of nitrogens with one attached hydrogen (secondary N) is 1. The van der Waals surface area contributed by atoms with Crippen molar-refractivity contribution in [1.29, 1.82) is 0 Å². The van der Waals surface area contributed by atoms with Gasteiger partial charge < -0.3 is 19.3 Å². The predicted octanol–water partition coefficient (Wildman–Crippen LogP) is 2.71. The molecule has 2 aromatic heterocycles. The van der Waals surface area contributed by atoms with Gasteiger partial charge in [0.05, 0.1) is 12.8 Å². The van der Waals surface area contributed by atoms with Crippen molar-refractivity contribution in [2.45, 2.75) is 13.0 Å². The molecule has 6 nitrogen and oxygen atoms in total. The summed E-state index contributed by atoms with van der Waals surface area (Å²) in [4.78, 5) is 16.2. The molecule has 1 aromatic carbocycles. The number of rotatable bonds is 5. The molecule has 2 N–H and O–H groups in total. The van der Waals surface area contributed by atoms with Crippen LogP contribution in [0.25, 0.3) is 11.3 Å². The van der Waals surface area contributed by atoms with Crippen LogP contribution >= 0.6 is 0 Å². The molecule has 3 rings (SSSR count). The number of aliphatic hydroxyl groups excluding tert-OH is 1. The Hall–Kier alpha value is -2.86. The van der Waals surface area contributed by atoms with Crippen LogP contribution in [0.5, 0.6) is 0 Å². The molecule has 0 radical (unpaired) electrons. The highest BCUT2D eigenvalue weighted by Crippen LogP contribution is 2.23. The summed E-state index contributed by atoms with van der Waals surface area (Å²) in [6.45, 7) is 2.00. The average molecular weight is 312 g/mol. The van der Waals surface area contributed by atoms with Crippen molar-refractivity contribution in [3.8, 4) is 11.3 Å². The minimum Gasteiger partial charge on any atom is -0.467 e. The molecular formula is C17H16N2O4. The number of carbonyl (C=O) groups is 1. The maximum Gasteiger partial charge on any atom is 0.274 e. The van der Waals surface area contributed by atoms with Crippen LogP contribution in [0.1, 0.15) is 27.9 Å². The van der Waals surface area contributed by atoms with E-state index in [1.807, 2.05) is 31.2 Å². The summed E-state index contributed by atoms with van der Waals surface area (Å²) in [6, 6.07) is 10.9. The molecule has 0 unspecified atom stereocenters. The Labute approximate surface area is 132 Å². The zero-order valence-electron chi connectivity index (χ0n) is 12.5. The highest BCUT2D eigenvalue weighted by molar-refractivity contribution is 5.97. The zero-order chi connectivity index (χ0) is 16.2. The number of furan rings is 1. The second kappa shape index (κ2) is 6.50. The smallest absolute Gasteiger partial charge is 0.274 e. The maximum absolute atomic E-state index is 12.3. The highest BCUT2D eigenvalue weighted by Gasteiger charge is 2.19. The largest absolute Gasteiger partial charge is 0.467 e. The monoisotopic (exact) mass is 312 g/mol. The summed E-state index contributed by atoms with van der Waals surface area (Å²) in [6.07, 6.45) is 1.78. The number of aryl methyl sites for hydroxylation is 1. The zero-order valence-corrected chi connectivity index (χ0v) is 12.5. The quantitative estimate of drug-likeness (QED) is 0.756. The number of benzene rings is 1. The summed E-state index contributed by atoms with van der Waals surface area (Å²) < 4.78 is 10.4. The van der Waals surface area contributed by atoms with Crippen LogP contribution < -0.4 is 5.32 Å². The fourth-order valence-corrected chi connectivity index (χ4v) is 2.17. The molecule has 118 valence electrons. The standard InChI is InChI=1S/C17H16N2O4/c1-11-4-6-12(7-5-11)16-15(19-10-23-16)17(21)18-9-13(20)14-3-2-8-22-14/h2-8,10,13,20H,9H2,1H3,(H,18,21)/t13-/m1/s1. The van der Waals surface area contributed by atoms with E-state index in [1.54, 1.807) is 12.1 Å². The fraction of sp³-hybridized carbons (Fsp3) is 0.176. The van der Waals surface area contributed by atoms with Gasteiger partial charge >= 0.3 is 0 Å². The van der Waals surface area contributed by atoms with Crippen LogP contribution in [0.3, 0.4) is 0 Å². The third-order valence-corrected chi connectivity index (χ3v) is 3.42. The Morgan fingerprint density at radius 3 is 2.74 bits per heavy atom. The number of aromatic nitrogens is 1. The lowest BCUT2D eigenvalue weighted by molar-refractivity contribution is 0.0897. The Kier molecular flexibility index (Phi) is 4.25. The van der Waals surface area contributed by atoms with E-state index in [2.05, 4.69) is 10.3 Å². The molecule has 0 saturated heterocycles. The van der Waals surface area contributed by atoms with Gasteiger partial charge in [-0.3, -0.25) is 4.79 Å². The molecule has 0 spiro atoms. The molecule has 0 saturated carbocycles. The second-order valence-corrected chi connectivity index (χ2v) is 5.14. The molecule has 0 aliphatic carbocycles. The van der Waals surface area contributed by atoms with Crippen molar-refractivity contribution < 1.29 is 18.7 Å². The van der Waals surface area contributed by atoms with Crippen molar-refractivity contribution >= 4 is 5.91 Å². The van der Waals surface area contributed by atoms with Crippen molar-refractivity contribution in [3.63, 3.8) is 0 Å². The Balaban J connectivity index is 1.71. The Morgan fingerprint density at radius 2 is 2.04 bits per heavy atom. The molecule has 1 atom stereocenters. The first kappa shape index (κ1) is 15.1. The van der Waals surface area contributed by atoms with E-state index in [0.717, 1.165) is 11.1 Å². The summed E-state index contributed by atoms with van der Waals surface area (Å²) in [7, 11) is 0. The molecule has 0 bridgehead atoms. The van der Waals surface area contributed by atoms with Gasteiger partial charge in [0.15, 0.2) is 17.8 Å². The third kappa shape index (κ3) is 3.32. The van der Waals surface area contributed by atoms with E-state index in [4.69, 9.17) is 8.83 Å². The number of aliphatic hydroxyl groups is 1. The summed E-state index contributed by atoms with van der Waals surface area (Å²) in [5.41, 5.74) is 2.06. The number of carbonyl (C=O) groups excluding carboxylic acids is 1. The number of amides is 1. The minimum absolute atomic E-state index is 0.0204. The molecular weight excluding hydrogens is 296 g/mol. The van der Waals surface area contributed by atoms with Gasteiger partial charge in [0, 0.05) is 5.56 Å². The van der Waals surface area contributed by atoms with Gasteiger partial charge in [-0.15, -0.1) is 0 Å². The van der Waals surface area contributed by atoms with E-state index in [1.165, 1.54) is 12.7 Å². The van der Waals surface area contributed by atoms with Gasteiger partial charge in [0.2, 0.25) is 0 Å². The topological polar surface area (TPSA) is 88.5 Å². The SMILES string of the molecule is Cc1ccc(-c2ocnc2C(=O)NC[C@@H](O)c2ccco2)cc1. The van der Waals surface area contributed by atoms with E-state index < -0.39 is 12.0 Å². The number of hydrogen-bond donors (Lipinski definition) is 2. The van der Waals surface area contributed by atoms with Gasteiger partial charge in [0.1, 0.15) is 11.9 Å². The van der Waals surface area contributed by atoms with Crippen molar-refractivity contribution in [3.05, 3.63) is 66.1 Å². The van der Waals surface area contributed by atoms with Crippen LogP contribution in [0.15, 0.2) is 57.9 Å². The van der Waals surface area contributed by atoms with E-state index in [0.29, 0.717) is 11.5 Å². The van der Waals surface area contributed by atoms with Gasteiger partial charge in [-0.05, 0) is 19.1 Å². The molecule has 3 aromatic rings. The van der Waals surface area contributed by atoms with Crippen molar-refractivity contribution in [2.24, 2.45) is 0 Å². The number of nitrogens with zero attached hydrogens (tertiary/aromatic N) is 1. The molecule has 1 amide bonds. The van der Waals surface area contributed by atoms with Crippen molar-refractivity contribution in [2.75, 3.05) is 6.54 Å². The fourth-order valence-electron chi connectivity index (χ4n) is 2.17. The first-order valence-corrected chi connectivity index (χ1v) is 7.15. The number of hydrogen-bond acceptors (Lipinski definition) is 5. The average Bonchev–Trinajstić information content (AvgIpc) is 3.24. The van der Waals surface area contributed by atoms with Crippen molar-refractivity contribution in [1.82, 2.24) is 10.3 Å². The summed E-state index contributed by atoms with van der Waals surface area (Å²) in [5, 5.41) is 12.5. The molecule has 0 aliphatic heterocycles. The lowest BCUT2D eigenvalue weighted by atomic mass is 10.1. The van der Waals surface area contributed by atoms with Gasteiger partial charge in [-0.1, -0.05) is 29.8 Å². The van der Waals surface area contributed by atoms with Crippen LogP contribution in [0.2, 0.25) is 0 Å². The van der Waals surface area contributed by atoms with Gasteiger partial charge in [-0.2, -0.15) is 0 Å². The summed E-state index contributed by atoms with van der Waals surface area (Å²) >= 11 is 0. The van der Waals surface area contributed by atoms with Gasteiger partial charge in [0.25, 0.3) is 5.91 Å². The Morgan fingerprint density at radius 1 is 1.26 bits per heavy atom. The first-order chi connectivity index (χ1) is 11.1. The lowest BCUT2D eigenvalue weighted by Crippen LogP contribution is -2.28.